The summed E-state index contributed by atoms with van der Waals surface area (Å²) in [6.07, 6.45) is 0.890. The van der Waals surface area contributed by atoms with Gasteiger partial charge in [0.2, 0.25) is 0 Å². The van der Waals surface area contributed by atoms with Gasteiger partial charge in [-0.2, -0.15) is 0 Å². The molecule has 0 spiro atoms. The van der Waals surface area contributed by atoms with Crippen molar-refractivity contribution in [1.29, 1.82) is 0 Å². The summed E-state index contributed by atoms with van der Waals surface area (Å²) in [4.78, 5) is 21.2. The van der Waals surface area contributed by atoms with Gasteiger partial charge >= 0.3 is 0 Å². The first-order valence-corrected chi connectivity index (χ1v) is 11.0. The third-order valence-electron chi connectivity index (χ3n) is 5.13. The fourth-order valence-corrected chi connectivity index (χ4v) is 4.46. The van der Waals surface area contributed by atoms with Crippen LogP contribution in [0.5, 0.6) is 5.75 Å². The SMILES string of the molecule is CCN(CCCNC(=O)c1cc2cc3cc(OC)ccc3nc2s1)c1ccccc1. The van der Waals surface area contributed by atoms with E-state index in [-0.39, 0.29) is 5.91 Å². The second kappa shape index (κ2) is 9.13. The quantitative estimate of drug-likeness (QED) is 0.404. The number of fused-ring (bicyclic) bond motifs is 2. The Morgan fingerprint density at radius 3 is 2.70 bits per heavy atom. The maximum Gasteiger partial charge on any atom is 0.261 e. The highest BCUT2D eigenvalue weighted by molar-refractivity contribution is 7.20. The van der Waals surface area contributed by atoms with Crippen molar-refractivity contribution < 1.29 is 9.53 Å². The van der Waals surface area contributed by atoms with Crippen molar-refractivity contribution in [2.45, 2.75) is 13.3 Å². The normalized spacial score (nSPS) is 11.0. The number of hydrogen-bond acceptors (Lipinski definition) is 5. The Morgan fingerprint density at radius 2 is 1.93 bits per heavy atom. The molecule has 2 aromatic heterocycles. The van der Waals surface area contributed by atoms with Crippen LogP contribution in [0.3, 0.4) is 0 Å². The third kappa shape index (κ3) is 4.39. The summed E-state index contributed by atoms with van der Waals surface area (Å²) in [5.41, 5.74) is 2.11. The molecule has 0 fully saturated rings. The van der Waals surface area contributed by atoms with Gasteiger partial charge < -0.3 is 15.0 Å². The van der Waals surface area contributed by atoms with E-state index in [1.807, 2.05) is 30.3 Å². The number of rotatable bonds is 8. The van der Waals surface area contributed by atoms with E-state index in [9.17, 15) is 4.79 Å². The molecule has 4 aromatic rings. The van der Waals surface area contributed by atoms with Gasteiger partial charge in [0.05, 0.1) is 17.5 Å². The second-order valence-electron chi connectivity index (χ2n) is 7.08. The molecule has 2 heterocycles. The highest BCUT2D eigenvalue weighted by Crippen LogP contribution is 2.29. The number of para-hydroxylation sites is 1. The van der Waals surface area contributed by atoms with Gasteiger partial charge in [0.25, 0.3) is 5.91 Å². The van der Waals surface area contributed by atoms with Gasteiger partial charge in [-0.3, -0.25) is 4.79 Å². The number of carbonyl (C=O) groups excluding carboxylic acids is 1. The average Bonchev–Trinajstić information content (AvgIpc) is 3.20. The molecule has 0 bridgehead atoms. The van der Waals surface area contributed by atoms with E-state index in [2.05, 4.69) is 47.5 Å². The van der Waals surface area contributed by atoms with Gasteiger partial charge in [0, 0.05) is 36.1 Å². The Bertz CT molecular complexity index is 1160. The van der Waals surface area contributed by atoms with Crippen LogP contribution in [-0.4, -0.2) is 37.6 Å². The smallest absolute Gasteiger partial charge is 0.261 e. The van der Waals surface area contributed by atoms with Crippen LogP contribution in [0, 0.1) is 0 Å². The van der Waals surface area contributed by atoms with Crippen molar-refractivity contribution in [2.24, 2.45) is 0 Å². The fourth-order valence-electron chi connectivity index (χ4n) is 3.52. The lowest BCUT2D eigenvalue weighted by molar-refractivity contribution is 0.0957. The number of ether oxygens (including phenoxy) is 1. The molecule has 1 N–H and O–H groups in total. The lowest BCUT2D eigenvalue weighted by Crippen LogP contribution is -2.29. The monoisotopic (exact) mass is 419 g/mol. The van der Waals surface area contributed by atoms with Crippen LogP contribution in [0.1, 0.15) is 23.0 Å². The van der Waals surface area contributed by atoms with E-state index < -0.39 is 0 Å². The molecule has 30 heavy (non-hydrogen) atoms. The highest BCUT2D eigenvalue weighted by atomic mass is 32.1. The Hall–Kier alpha value is -3.12. The number of benzene rings is 2. The molecule has 0 unspecified atom stereocenters. The molecule has 1 amide bonds. The van der Waals surface area contributed by atoms with Crippen LogP contribution in [0.2, 0.25) is 0 Å². The van der Waals surface area contributed by atoms with Crippen molar-refractivity contribution in [2.75, 3.05) is 31.6 Å². The maximum absolute atomic E-state index is 12.6. The van der Waals surface area contributed by atoms with Crippen molar-refractivity contribution in [3.8, 4) is 5.75 Å². The van der Waals surface area contributed by atoms with Crippen LogP contribution >= 0.6 is 11.3 Å². The summed E-state index contributed by atoms with van der Waals surface area (Å²) in [5.74, 6) is 0.760. The van der Waals surface area contributed by atoms with E-state index in [1.165, 1.54) is 17.0 Å². The molecule has 2 aromatic carbocycles. The molecular formula is C24H25N3O2S. The van der Waals surface area contributed by atoms with E-state index in [0.717, 1.165) is 46.4 Å². The molecule has 0 aliphatic carbocycles. The van der Waals surface area contributed by atoms with Gasteiger partial charge in [0.15, 0.2) is 0 Å². The highest BCUT2D eigenvalue weighted by Gasteiger charge is 2.12. The largest absolute Gasteiger partial charge is 0.497 e. The second-order valence-corrected chi connectivity index (χ2v) is 8.11. The first kappa shape index (κ1) is 20.2. The number of pyridine rings is 1. The van der Waals surface area contributed by atoms with E-state index >= 15 is 0 Å². The fraction of sp³-hybridized carbons (Fsp3) is 0.250. The predicted molar refractivity (Wildman–Crippen MR) is 125 cm³/mol. The summed E-state index contributed by atoms with van der Waals surface area (Å²) >= 11 is 1.43. The lowest BCUT2D eigenvalue weighted by Gasteiger charge is -2.23. The summed E-state index contributed by atoms with van der Waals surface area (Å²) < 4.78 is 5.29. The number of amides is 1. The van der Waals surface area contributed by atoms with Crippen molar-refractivity contribution in [1.82, 2.24) is 10.3 Å². The number of aromatic nitrogens is 1. The Balaban J connectivity index is 1.39. The van der Waals surface area contributed by atoms with Crippen LogP contribution in [0.4, 0.5) is 5.69 Å². The molecule has 0 aliphatic heterocycles. The Kier molecular flexibility index (Phi) is 6.14. The third-order valence-corrected chi connectivity index (χ3v) is 6.17. The number of hydrogen-bond donors (Lipinski definition) is 1. The van der Waals surface area contributed by atoms with Crippen molar-refractivity contribution >= 4 is 44.1 Å². The molecule has 6 heteroatoms. The molecule has 0 aliphatic rings. The van der Waals surface area contributed by atoms with E-state index in [4.69, 9.17) is 9.72 Å². The standard InChI is InChI=1S/C24H25N3O2S/c1-3-27(19-8-5-4-6-9-19)13-7-12-25-23(28)22-16-18-14-17-15-20(29-2)10-11-21(17)26-24(18)30-22/h4-6,8-11,14-16H,3,7,12-13H2,1-2H3,(H,25,28). The van der Waals surface area contributed by atoms with E-state index in [1.54, 1.807) is 7.11 Å². The summed E-state index contributed by atoms with van der Waals surface area (Å²) in [6, 6.07) is 20.1. The maximum atomic E-state index is 12.6. The van der Waals surface area contributed by atoms with Gasteiger partial charge in [-0.25, -0.2) is 4.98 Å². The molecule has 5 nitrogen and oxygen atoms in total. The minimum atomic E-state index is -0.0394. The van der Waals surface area contributed by atoms with Gasteiger partial charge in [-0.05, 0) is 55.8 Å². The van der Waals surface area contributed by atoms with Gasteiger partial charge in [-0.1, -0.05) is 18.2 Å². The van der Waals surface area contributed by atoms with Crippen LogP contribution < -0.4 is 15.0 Å². The topological polar surface area (TPSA) is 54.5 Å². The molecule has 0 radical (unpaired) electrons. The van der Waals surface area contributed by atoms with Crippen LogP contribution in [0.15, 0.2) is 60.7 Å². The zero-order valence-corrected chi connectivity index (χ0v) is 18.0. The first-order chi connectivity index (χ1) is 14.7. The van der Waals surface area contributed by atoms with E-state index in [0.29, 0.717) is 11.4 Å². The molecule has 4 rings (SSSR count). The molecule has 0 atom stereocenters. The van der Waals surface area contributed by atoms with Gasteiger partial charge in [0.1, 0.15) is 10.6 Å². The predicted octanol–water partition coefficient (Wildman–Crippen LogP) is 5.10. The minimum absolute atomic E-state index is 0.0394. The summed E-state index contributed by atoms with van der Waals surface area (Å²) in [6.45, 7) is 4.64. The number of thiophene rings is 1. The number of anilines is 1. The van der Waals surface area contributed by atoms with Crippen LogP contribution in [0.25, 0.3) is 21.1 Å². The number of methoxy groups -OCH3 is 1. The Morgan fingerprint density at radius 1 is 1.10 bits per heavy atom. The van der Waals surface area contributed by atoms with Gasteiger partial charge in [-0.15, -0.1) is 11.3 Å². The van der Waals surface area contributed by atoms with Crippen molar-refractivity contribution in [3.63, 3.8) is 0 Å². The number of carbonyl (C=O) groups is 1. The molecule has 0 saturated heterocycles. The first-order valence-electron chi connectivity index (χ1n) is 10.1. The van der Waals surface area contributed by atoms with Crippen LogP contribution in [-0.2, 0) is 0 Å². The number of nitrogens with one attached hydrogen (secondary N) is 1. The molecule has 154 valence electrons. The molecular weight excluding hydrogens is 394 g/mol. The zero-order chi connectivity index (χ0) is 20.9. The molecule has 0 saturated carbocycles. The Labute approximate surface area is 180 Å². The lowest BCUT2D eigenvalue weighted by atomic mass is 10.2. The number of nitrogens with zero attached hydrogens (tertiary/aromatic N) is 2. The summed E-state index contributed by atoms with van der Waals surface area (Å²) in [5, 5.41) is 5.03. The zero-order valence-electron chi connectivity index (χ0n) is 17.2. The average molecular weight is 420 g/mol. The van der Waals surface area contributed by atoms with Crippen molar-refractivity contribution in [3.05, 3.63) is 65.5 Å². The summed E-state index contributed by atoms with van der Waals surface area (Å²) in [7, 11) is 1.65. The minimum Gasteiger partial charge on any atom is -0.497 e.